The number of anilines is 1. The van der Waals surface area contributed by atoms with E-state index >= 15 is 0 Å². The molecule has 28 heavy (non-hydrogen) atoms. The van der Waals surface area contributed by atoms with Gasteiger partial charge in [-0.1, -0.05) is 12.1 Å². The maximum absolute atomic E-state index is 13.8. The second kappa shape index (κ2) is 7.48. The monoisotopic (exact) mass is 376 g/mol. The number of nitrogens with one attached hydrogen (secondary N) is 1. The Bertz CT molecular complexity index is 1140. The van der Waals surface area contributed by atoms with Gasteiger partial charge in [0.15, 0.2) is 0 Å². The molecule has 0 radical (unpaired) electrons. The Kier molecular flexibility index (Phi) is 4.72. The first kappa shape index (κ1) is 17.7. The van der Waals surface area contributed by atoms with E-state index in [4.69, 9.17) is 4.74 Å². The van der Waals surface area contributed by atoms with Crippen LogP contribution >= 0.6 is 0 Å². The number of fused-ring (bicyclic) bond motifs is 1. The number of amides is 1. The number of aromatic nitrogens is 3. The van der Waals surface area contributed by atoms with Crippen LogP contribution in [0.4, 0.5) is 10.1 Å². The van der Waals surface area contributed by atoms with Gasteiger partial charge in [-0.15, -0.1) is 10.2 Å². The summed E-state index contributed by atoms with van der Waals surface area (Å²) in [7, 11) is 0. The number of hydrogen-bond acceptors (Lipinski definition) is 4. The summed E-state index contributed by atoms with van der Waals surface area (Å²) in [5.41, 5.74) is 2.58. The van der Waals surface area contributed by atoms with E-state index in [-0.39, 0.29) is 5.56 Å². The molecule has 1 aromatic heterocycles. The lowest BCUT2D eigenvalue weighted by Gasteiger charge is -2.05. The molecule has 1 amide bonds. The van der Waals surface area contributed by atoms with E-state index in [1.54, 1.807) is 24.3 Å². The van der Waals surface area contributed by atoms with E-state index in [9.17, 15) is 9.18 Å². The first-order valence-electron chi connectivity index (χ1n) is 8.80. The minimum atomic E-state index is -0.567. The lowest BCUT2D eigenvalue weighted by atomic mass is 10.2. The van der Waals surface area contributed by atoms with Gasteiger partial charge in [0.05, 0.1) is 17.9 Å². The molecule has 7 heteroatoms. The van der Waals surface area contributed by atoms with Crippen LogP contribution in [0, 0.1) is 5.82 Å². The van der Waals surface area contributed by atoms with E-state index in [0.29, 0.717) is 23.3 Å². The van der Waals surface area contributed by atoms with E-state index in [1.807, 2.05) is 31.2 Å². The van der Waals surface area contributed by atoms with Crippen molar-refractivity contribution in [3.8, 4) is 11.4 Å². The molecule has 3 aromatic carbocycles. The van der Waals surface area contributed by atoms with Crippen LogP contribution in [0.1, 0.15) is 17.3 Å². The fourth-order valence-corrected chi connectivity index (χ4v) is 2.79. The molecule has 1 N–H and O–H groups in total. The summed E-state index contributed by atoms with van der Waals surface area (Å²) in [4.78, 5) is 13.8. The van der Waals surface area contributed by atoms with Crippen molar-refractivity contribution in [3.63, 3.8) is 0 Å². The first-order chi connectivity index (χ1) is 13.6. The summed E-state index contributed by atoms with van der Waals surface area (Å²) >= 11 is 0. The van der Waals surface area contributed by atoms with Crippen molar-refractivity contribution in [1.82, 2.24) is 15.0 Å². The highest BCUT2D eigenvalue weighted by Gasteiger charge is 2.12. The average molecular weight is 376 g/mol. The van der Waals surface area contributed by atoms with Gasteiger partial charge in [-0.2, -0.15) is 4.80 Å². The number of nitrogens with zero attached hydrogens (tertiary/aromatic N) is 3. The SMILES string of the molecule is CCOc1ccc(-n2nc3ccc(NC(=O)c4ccccc4F)cc3n2)cc1. The molecule has 0 saturated heterocycles. The Morgan fingerprint density at radius 1 is 1.04 bits per heavy atom. The highest BCUT2D eigenvalue weighted by Crippen LogP contribution is 2.20. The Balaban J connectivity index is 1.58. The van der Waals surface area contributed by atoms with Crippen LogP contribution in [0.5, 0.6) is 5.75 Å². The van der Waals surface area contributed by atoms with Gasteiger partial charge in [-0.05, 0) is 61.5 Å². The Morgan fingerprint density at radius 3 is 2.54 bits per heavy atom. The number of carbonyl (C=O) groups is 1. The smallest absolute Gasteiger partial charge is 0.258 e. The zero-order chi connectivity index (χ0) is 19.5. The van der Waals surface area contributed by atoms with Gasteiger partial charge in [0.2, 0.25) is 0 Å². The van der Waals surface area contributed by atoms with Gasteiger partial charge in [0.25, 0.3) is 5.91 Å². The fraction of sp³-hybridized carbons (Fsp3) is 0.0952. The predicted molar refractivity (Wildman–Crippen MR) is 104 cm³/mol. The predicted octanol–water partition coefficient (Wildman–Crippen LogP) is 4.21. The molecule has 1 heterocycles. The van der Waals surface area contributed by atoms with Crippen LogP contribution in [0.25, 0.3) is 16.7 Å². The van der Waals surface area contributed by atoms with Crippen LogP contribution in [0.15, 0.2) is 66.7 Å². The van der Waals surface area contributed by atoms with E-state index in [1.165, 1.54) is 23.0 Å². The molecule has 0 atom stereocenters. The van der Waals surface area contributed by atoms with Crippen LogP contribution in [0.2, 0.25) is 0 Å². The Labute approximate surface area is 160 Å². The number of halogens is 1. The van der Waals surface area contributed by atoms with E-state index in [2.05, 4.69) is 15.5 Å². The van der Waals surface area contributed by atoms with Crippen molar-refractivity contribution in [2.75, 3.05) is 11.9 Å². The number of rotatable bonds is 5. The summed E-state index contributed by atoms with van der Waals surface area (Å²) in [5.74, 6) is -0.306. The summed E-state index contributed by atoms with van der Waals surface area (Å²) in [5, 5.41) is 11.6. The fourth-order valence-electron chi connectivity index (χ4n) is 2.79. The standard InChI is InChI=1S/C21H17FN4O2/c1-2-28-16-10-8-15(9-11-16)26-24-19-12-7-14(13-20(19)25-26)23-21(27)17-5-3-4-6-18(17)22/h3-13H,2H2,1H3,(H,23,27). The molecule has 4 aromatic rings. The van der Waals surface area contributed by atoms with Crippen LogP contribution in [0.3, 0.4) is 0 Å². The van der Waals surface area contributed by atoms with Crippen molar-refractivity contribution < 1.29 is 13.9 Å². The van der Waals surface area contributed by atoms with Crippen molar-refractivity contribution in [3.05, 3.63) is 78.1 Å². The number of carbonyl (C=O) groups excluding carboxylic acids is 1. The van der Waals surface area contributed by atoms with Gasteiger partial charge in [0.1, 0.15) is 22.6 Å². The third-order valence-electron chi connectivity index (χ3n) is 4.14. The number of benzene rings is 3. The van der Waals surface area contributed by atoms with E-state index in [0.717, 1.165) is 11.4 Å². The molecular formula is C21H17FN4O2. The Hall–Kier alpha value is -3.74. The molecule has 0 aliphatic heterocycles. The van der Waals surface area contributed by atoms with Gasteiger partial charge in [-0.3, -0.25) is 4.79 Å². The summed E-state index contributed by atoms with van der Waals surface area (Å²) in [6.45, 7) is 2.53. The highest BCUT2D eigenvalue weighted by atomic mass is 19.1. The molecular weight excluding hydrogens is 359 g/mol. The van der Waals surface area contributed by atoms with E-state index < -0.39 is 11.7 Å². The summed E-state index contributed by atoms with van der Waals surface area (Å²) in [6, 6.07) is 18.4. The van der Waals surface area contributed by atoms with Gasteiger partial charge in [0, 0.05) is 5.69 Å². The lowest BCUT2D eigenvalue weighted by Crippen LogP contribution is -2.13. The first-order valence-corrected chi connectivity index (χ1v) is 8.80. The molecule has 0 unspecified atom stereocenters. The number of ether oxygens (including phenoxy) is 1. The zero-order valence-electron chi connectivity index (χ0n) is 15.1. The zero-order valence-corrected chi connectivity index (χ0v) is 15.1. The van der Waals surface area contributed by atoms with Crippen molar-refractivity contribution in [2.24, 2.45) is 0 Å². The van der Waals surface area contributed by atoms with Crippen LogP contribution in [-0.2, 0) is 0 Å². The highest BCUT2D eigenvalue weighted by molar-refractivity contribution is 6.05. The van der Waals surface area contributed by atoms with Crippen LogP contribution < -0.4 is 10.1 Å². The Morgan fingerprint density at radius 2 is 1.79 bits per heavy atom. The molecule has 0 bridgehead atoms. The van der Waals surface area contributed by atoms with Gasteiger partial charge >= 0.3 is 0 Å². The average Bonchev–Trinajstić information content (AvgIpc) is 3.12. The minimum Gasteiger partial charge on any atom is -0.494 e. The third kappa shape index (κ3) is 3.55. The molecule has 0 fully saturated rings. The van der Waals surface area contributed by atoms with Crippen molar-refractivity contribution in [1.29, 1.82) is 0 Å². The van der Waals surface area contributed by atoms with Crippen molar-refractivity contribution >= 4 is 22.6 Å². The normalized spacial score (nSPS) is 10.8. The van der Waals surface area contributed by atoms with Crippen LogP contribution in [-0.4, -0.2) is 27.5 Å². The van der Waals surface area contributed by atoms with Gasteiger partial charge in [-0.25, -0.2) is 4.39 Å². The molecule has 4 rings (SSSR count). The van der Waals surface area contributed by atoms with Crippen molar-refractivity contribution in [2.45, 2.75) is 6.92 Å². The largest absolute Gasteiger partial charge is 0.494 e. The summed E-state index contributed by atoms with van der Waals surface area (Å²) < 4.78 is 19.2. The molecule has 0 spiro atoms. The second-order valence-corrected chi connectivity index (χ2v) is 6.05. The quantitative estimate of drug-likeness (QED) is 0.566. The molecule has 0 saturated carbocycles. The topological polar surface area (TPSA) is 69.0 Å². The summed E-state index contributed by atoms with van der Waals surface area (Å²) in [6.07, 6.45) is 0. The maximum Gasteiger partial charge on any atom is 0.258 e. The van der Waals surface area contributed by atoms with Gasteiger partial charge < -0.3 is 10.1 Å². The lowest BCUT2D eigenvalue weighted by molar-refractivity contribution is 0.102. The maximum atomic E-state index is 13.8. The second-order valence-electron chi connectivity index (χ2n) is 6.05. The third-order valence-corrected chi connectivity index (χ3v) is 4.14. The number of hydrogen-bond donors (Lipinski definition) is 1. The molecule has 6 nitrogen and oxygen atoms in total. The molecule has 0 aliphatic carbocycles. The molecule has 140 valence electrons. The minimum absolute atomic E-state index is 0.0133. The molecule has 0 aliphatic rings.